The fourth-order valence-electron chi connectivity index (χ4n) is 3.75. The molecule has 0 bridgehead atoms. The van der Waals surface area contributed by atoms with Gasteiger partial charge in [0.1, 0.15) is 41.2 Å². The Hall–Kier alpha value is -4.36. The first-order valence-electron chi connectivity index (χ1n) is 10.6. The third-order valence-corrected chi connectivity index (χ3v) is 5.65. The van der Waals surface area contributed by atoms with Gasteiger partial charge in [-0.05, 0) is 48.9 Å². The van der Waals surface area contributed by atoms with E-state index in [0.717, 1.165) is 6.07 Å². The molecule has 2 heterocycles. The summed E-state index contributed by atoms with van der Waals surface area (Å²) in [5.41, 5.74) is -0.659. The molecule has 1 N–H and O–H groups in total. The maximum atomic E-state index is 13.5. The van der Waals surface area contributed by atoms with Gasteiger partial charge in [-0.3, -0.25) is 9.36 Å². The Labute approximate surface area is 208 Å². The summed E-state index contributed by atoms with van der Waals surface area (Å²) in [5, 5.41) is 18.7. The molecule has 0 unspecified atom stereocenters. The average Bonchev–Trinajstić information content (AvgIpc) is 2.86. The maximum Gasteiger partial charge on any atom is 0.335 e. The number of hydrogen-bond donors (Lipinski definition) is 1. The van der Waals surface area contributed by atoms with E-state index in [4.69, 9.17) is 21.6 Å². The van der Waals surface area contributed by atoms with Crippen LogP contribution in [0.2, 0.25) is 5.02 Å². The molecule has 8 nitrogen and oxygen atoms in total. The smallest absolute Gasteiger partial charge is 0.335 e. The lowest BCUT2D eigenvalue weighted by atomic mass is 10.0. The Morgan fingerprint density at radius 3 is 2.69 bits per heavy atom. The number of alkyl halides is 2. The van der Waals surface area contributed by atoms with Crippen molar-refractivity contribution >= 4 is 28.5 Å². The second kappa shape index (κ2) is 10.1. The summed E-state index contributed by atoms with van der Waals surface area (Å²) >= 11 is 6.15. The van der Waals surface area contributed by atoms with Crippen molar-refractivity contribution in [2.45, 2.75) is 19.9 Å². The van der Waals surface area contributed by atoms with Crippen molar-refractivity contribution in [2.24, 2.45) is 0 Å². The lowest BCUT2D eigenvalue weighted by molar-refractivity contribution is 0.0697. The highest BCUT2D eigenvalue weighted by Gasteiger charge is 2.20. The molecule has 0 aliphatic carbocycles. The average molecular weight is 511 g/mol. The molecule has 4 rings (SSSR count). The number of aromatic carboxylic acids is 1. The second-order valence-electron chi connectivity index (χ2n) is 7.69. The number of halogens is 3. The van der Waals surface area contributed by atoms with Gasteiger partial charge in [0.15, 0.2) is 0 Å². The number of pyridine rings is 1. The molecule has 11 heteroatoms. The number of nitriles is 1. The summed E-state index contributed by atoms with van der Waals surface area (Å²) in [6.07, 6.45) is -3.01. The largest absolute Gasteiger partial charge is 0.491 e. The standard InChI is InChI=1S/C25H17ClF2N4O4/c1-13-30-21-19(11-17(12-29)31-22(21)23(27)28)24(33)32(13)7-8-36-20-6-5-16(26)10-18(20)14-3-2-4-15(9-14)25(34)35/h2-6,9-11,23H,7-8H2,1H3,(H,34,35). The summed E-state index contributed by atoms with van der Waals surface area (Å²) in [4.78, 5) is 32.2. The van der Waals surface area contributed by atoms with Gasteiger partial charge in [-0.2, -0.15) is 5.26 Å². The predicted octanol–water partition coefficient (Wildman–Crippen LogP) is 5.01. The SMILES string of the molecule is Cc1nc2c(C(F)F)nc(C#N)cc2c(=O)n1CCOc1ccc(Cl)cc1-c1cccc(C(=O)O)c1. The number of ether oxygens (including phenoxy) is 1. The van der Waals surface area contributed by atoms with Crippen LogP contribution in [0.3, 0.4) is 0 Å². The first kappa shape index (κ1) is 24.8. The van der Waals surface area contributed by atoms with Crippen molar-refractivity contribution in [3.63, 3.8) is 0 Å². The van der Waals surface area contributed by atoms with E-state index in [1.54, 1.807) is 36.4 Å². The fraction of sp³-hybridized carbons (Fsp3) is 0.160. The van der Waals surface area contributed by atoms with Crippen LogP contribution in [0.15, 0.2) is 53.3 Å². The number of benzene rings is 2. The zero-order valence-corrected chi connectivity index (χ0v) is 19.5. The first-order valence-corrected chi connectivity index (χ1v) is 10.9. The highest BCUT2D eigenvalue weighted by atomic mass is 35.5. The van der Waals surface area contributed by atoms with Crippen molar-refractivity contribution in [3.05, 3.63) is 86.7 Å². The van der Waals surface area contributed by atoms with E-state index < -0.39 is 23.6 Å². The number of hydrogen-bond acceptors (Lipinski definition) is 6. The van der Waals surface area contributed by atoms with Crippen molar-refractivity contribution < 1.29 is 23.4 Å². The van der Waals surface area contributed by atoms with Gasteiger partial charge in [0.25, 0.3) is 12.0 Å². The van der Waals surface area contributed by atoms with E-state index in [1.165, 1.54) is 23.6 Å². The molecule has 0 aliphatic rings. The van der Waals surface area contributed by atoms with Crippen LogP contribution in [0.25, 0.3) is 22.0 Å². The number of fused-ring (bicyclic) bond motifs is 1. The van der Waals surface area contributed by atoms with Crippen LogP contribution < -0.4 is 10.3 Å². The Kier molecular flexibility index (Phi) is 6.94. The molecule has 0 spiro atoms. The number of carboxylic acid groups (broad SMARTS) is 1. The fourth-order valence-corrected chi connectivity index (χ4v) is 3.92. The molecule has 4 aromatic rings. The number of aryl methyl sites for hydroxylation is 1. The van der Waals surface area contributed by atoms with E-state index in [9.17, 15) is 23.5 Å². The predicted molar refractivity (Wildman–Crippen MR) is 128 cm³/mol. The molecule has 36 heavy (non-hydrogen) atoms. The van der Waals surface area contributed by atoms with Crippen molar-refractivity contribution in [1.82, 2.24) is 14.5 Å². The van der Waals surface area contributed by atoms with Crippen LogP contribution in [-0.4, -0.2) is 32.2 Å². The zero-order chi connectivity index (χ0) is 26.0. The minimum absolute atomic E-state index is 0.000911. The molecule has 0 saturated heterocycles. The minimum Gasteiger partial charge on any atom is -0.491 e. The highest BCUT2D eigenvalue weighted by molar-refractivity contribution is 6.31. The van der Waals surface area contributed by atoms with Gasteiger partial charge in [0.2, 0.25) is 0 Å². The van der Waals surface area contributed by atoms with Gasteiger partial charge >= 0.3 is 5.97 Å². The van der Waals surface area contributed by atoms with Crippen molar-refractivity contribution in [3.8, 4) is 22.9 Å². The minimum atomic E-state index is -3.01. The number of rotatable bonds is 7. The van der Waals surface area contributed by atoms with Gasteiger partial charge in [-0.25, -0.2) is 23.5 Å². The van der Waals surface area contributed by atoms with Crippen LogP contribution in [0, 0.1) is 18.3 Å². The van der Waals surface area contributed by atoms with E-state index in [-0.39, 0.29) is 41.1 Å². The molecule has 0 fully saturated rings. The van der Waals surface area contributed by atoms with Crippen LogP contribution in [0.5, 0.6) is 5.75 Å². The van der Waals surface area contributed by atoms with Gasteiger partial charge < -0.3 is 9.84 Å². The second-order valence-corrected chi connectivity index (χ2v) is 8.13. The maximum absolute atomic E-state index is 13.5. The lowest BCUT2D eigenvalue weighted by Gasteiger charge is -2.15. The van der Waals surface area contributed by atoms with Crippen molar-refractivity contribution in [2.75, 3.05) is 6.61 Å². The molecule has 0 saturated carbocycles. The Bertz CT molecular complexity index is 1600. The summed E-state index contributed by atoms with van der Waals surface area (Å²) in [7, 11) is 0. The van der Waals surface area contributed by atoms with E-state index >= 15 is 0 Å². The topological polar surface area (TPSA) is 118 Å². The van der Waals surface area contributed by atoms with E-state index in [1.807, 2.05) is 0 Å². The Morgan fingerprint density at radius 2 is 2.00 bits per heavy atom. The summed E-state index contributed by atoms with van der Waals surface area (Å²) in [6.45, 7) is 1.53. The number of carboxylic acids is 1. The number of nitrogens with zero attached hydrogens (tertiary/aromatic N) is 4. The monoisotopic (exact) mass is 510 g/mol. The summed E-state index contributed by atoms with van der Waals surface area (Å²) < 4.78 is 34.1. The van der Waals surface area contributed by atoms with Crippen LogP contribution in [0.4, 0.5) is 8.78 Å². The Balaban J connectivity index is 1.66. The first-order chi connectivity index (χ1) is 17.2. The molecule has 0 aliphatic heterocycles. The van der Waals surface area contributed by atoms with Crippen LogP contribution in [0.1, 0.15) is 34.0 Å². The zero-order valence-electron chi connectivity index (χ0n) is 18.7. The normalized spacial score (nSPS) is 11.0. The van der Waals surface area contributed by atoms with Crippen molar-refractivity contribution in [1.29, 1.82) is 5.26 Å². The molecular formula is C25H17ClF2N4O4. The highest BCUT2D eigenvalue weighted by Crippen LogP contribution is 2.33. The number of aromatic nitrogens is 3. The molecule has 2 aromatic heterocycles. The van der Waals surface area contributed by atoms with Gasteiger partial charge in [0.05, 0.1) is 17.5 Å². The molecule has 182 valence electrons. The van der Waals surface area contributed by atoms with Gasteiger partial charge in [0, 0.05) is 10.6 Å². The van der Waals surface area contributed by atoms with Crippen LogP contribution >= 0.6 is 11.6 Å². The molecular weight excluding hydrogens is 494 g/mol. The molecule has 0 atom stereocenters. The molecule has 0 amide bonds. The molecule has 0 radical (unpaired) electrons. The summed E-state index contributed by atoms with van der Waals surface area (Å²) in [5.74, 6) is -0.503. The lowest BCUT2D eigenvalue weighted by Crippen LogP contribution is -2.27. The van der Waals surface area contributed by atoms with E-state index in [2.05, 4.69) is 9.97 Å². The Morgan fingerprint density at radius 1 is 1.22 bits per heavy atom. The van der Waals surface area contributed by atoms with Crippen LogP contribution in [-0.2, 0) is 6.54 Å². The third-order valence-electron chi connectivity index (χ3n) is 5.42. The van der Waals surface area contributed by atoms with Gasteiger partial charge in [-0.15, -0.1) is 0 Å². The quantitative estimate of drug-likeness (QED) is 0.371. The van der Waals surface area contributed by atoms with Gasteiger partial charge in [-0.1, -0.05) is 23.7 Å². The third kappa shape index (κ3) is 4.87. The molecule has 2 aromatic carbocycles. The van der Waals surface area contributed by atoms with E-state index in [0.29, 0.717) is 21.9 Å². The summed E-state index contributed by atoms with van der Waals surface area (Å²) in [6, 6.07) is 14.0. The number of carbonyl (C=O) groups is 1.